The molecule has 3 nitrogen and oxygen atoms in total. The normalized spacial score (nSPS) is 42.0. The van der Waals surface area contributed by atoms with Gasteiger partial charge in [0, 0.05) is 19.0 Å². The lowest BCUT2D eigenvalue weighted by molar-refractivity contribution is -0.0543. The number of aliphatic hydroxyl groups is 2. The number of hydrogen-bond donors (Lipinski definition) is 3. The second kappa shape index (κ2) is 3.47. The Kier molecular flexibility index (Phi) is 2.81. The first-order chi connectivity index (χ1) is 5.13. The molecule has 0 aromatic rings. The zero-order valence-electron chi connectivity index (χ0n) is 6.50. The Bertz CT molecular complexity index is 132. The van der Waals surface area contributed by atoms with Gasteiger partial charge in [0.15, 0.2) is 0 Å². The lowest BCUT2D eigenvalue weighted by Crippen LogP contribution is -2.52. The van der Waals surface area contributed by atoms with E-state index in [1.807, 2.05) is 0 Å². The van der Waals surface area contributed by atoms with Crippen LogP contribution in [0.4, 0.5) is 4.39 Å². The monoisotopic (exact) mass is 163 g/mol. The summed E-state index contributed by atoms with van der Waals surface area (Å²) < 4.78 is 12.7. The number of β-amino-alcohol motifs (C(OH)–C–C–N with tert-alkyl or cyclic N) is 1. The lowest BCUT2D eigenvalue weighted by Gasteiger charge is -2.33. The van der Waals surface area contributed by atoms with E-state index in [1.54, 1.807) is 0 Å². The van der Waals surface area contributed by atoms with Crippen molar-refractivity contribution in [2.45, 2.75) is 25.3 Å². The van der Waals surface area contributed by atoms with Crippen LogP contribution in [0.25, 0.3) is 0 Å². The Labute approximate surface area is 65.2 Å². The van der Waals surface area contributed by atoms with Crippen LogP contribution >= 0.6 is 0 Å². The van der Waals surface area contributed by atoms with Gasteiger partial charge in [-0.05, 0) is 6.92 Å². The molecule has 1 unspecified atom stereocenters. The van der Waals surface area contributed by atoms with E-state index < -0.39 is 24.3 Å². The van der Waals surface area contributed by atoms with E-state index in [9.17, 15) is 9.50 Å². The van der Waals surface area contributed by atoms with Crippen LogP contribution in [-0.4, -0.2) is 41.7 Å². The molecule has 11 heavy (non-hydrogen) atoms. The van der Waals surface area contributed by atoms with Crippen LogP contribution in [-0.2, 0) is 0 Å². The summed E-state index contributed by atoms with van der Waals surface area (Å²) in [5, 5.41) is 21.2. The van der Waals surface area contributed by atoms with Crippen molar-refractivity contribution in [1.29, 1.82) is 0 Å². The first-order valence-corrected chi connectivity index (χ1v) is 3.84. The highest BCUT2D eigenvalue weighted by Gasteiger charge is 2.33. The number of alkyl halides is 1. The fraction of sp³-hybridized carbons (Fsp3) is 1.00. The Morgan fingerprint density at radius 3 is 2.55 bits per heavy atom. The fourth-order valence-electron chi connectivity index (χ4n) is 1.36. The molecule has 1 heterocycles. The largest absolute Gasteiger partial charge is 0.390 e. The molecule has 0 aliphatic carbocycles. The molecule has 4 atom stereocenters. The minimum Gasteiger partial charge on any atom is -0.390 e. The van der Waals surface area contributed by atoms with E-state index >= 15 is 0 Å². The summed E-state index contributed by atoms with van der Waals surface area (Å²) in [6.07, 6.45) is -2.82. The quantitative estimate of drug-likeness (QED) is 0.478. The van der Waals surface area contributed by atoms with E-state index in [2.05, 4.69) is 5.32 Å². The molecule has 0 spiro atoms. The Hall–Kier alpha value is -0.190. The number of aliphatic hydroxyl groups excluding tert-OH is 2. The second-order valence-electron chi connectivity index (χ2n) is 3.06. The van der Waals surface area contributed by atoms with E-state index in [4.69, 9.17) is 5.11 Å². The molecule has 1 saturated heterocycles. The SMILES string of the molecule is CC(F)[C@@H]1CNC[C@@H](O)[C@@H]1O. The molecule has 0 radical (unpaired) electrons. The fourth-order valence-corrected chi connectivity index (χ4v) is 1.36. The van der Waals surface area contributed by atoms with Crippen molar-refractivity contribution >= 4 is 0 Å². The van der Waals surface area contributed by atoms with Crippen LogP contribution in [0.5, 0.6) is 0 Å². The maximum absolute atomic E-state index is 12.7. The molecule has 0 aromatic heterocycles. The Morgan fingerprint density at radius 2 is 2.09 bits per heavy atom. The molecule has 66 valence electrons. The van der Waals surface area contributed by atoms with Crippen molar-refractivity contribution in [2.75, 3.05) is 13.1 Å². The number of piperidine rings is 1. The summed E-state index contributed by atoms with van der Waals surface area (Å²) >= 11 is 0. The number of rotatable bonds is 1. The molecule has 1 fully saturated rings. The molecular weight excluding hydrogens is 149 g/mol. The van der Waals surface area contributed by atoms with Crippen molar-refractivity contribution in [3.63, 3.8) is 0 Å². The van der Waals surface area contributed by atoms with Crippen molar-refractivity contribution in [3.05, 3.63) is 0 Å². The van der Waals surface area contributed by atoms with Crippen molar-refractivity contribution in [3.8, 4) is 0 Å². The van der Waals surface area contributed by atoms with Crippen molar-refractivity contribution < 1.29 is 14.6 Å². The third-order valence-corrected chi connectivity index (χ3v) is 2.16. The standard InChI is InChI=1S/C7H14FNO2/c1-4(8)5-2-9-3-6(10)7(5)11/h4-7,9-11H,2-3H2,1H3/t4?,5-,6+,7+/m0/s1. The molecule has 1 aliphatic rings. The van der Waals surface area contributed by atoms with Crippen LogP contribution in [0, 0.1) is 5.92 Å². The molecule has 4 heteroatoms. The zero-order chi connectivity index (χ0) is 8.43. The molecule has 0 saturated carbocycles. The van der Waals surface area contributed by atoms with Gasteiger partial charge in [-0.3, -0.25) is 0 Å². The minimum absolute atomic E-state index is 0.352. The summed E-state index contributed by atoms with van der Waals surface area (Å²) in [7, 11) is 0. The highest BCUT2D eigenvalue weighted by molar-refractivity contribution is 4.86. The predicted molar refractivity (Wildman–Crippen MR) is 38.9 cm³/mol. The highest BCUT2D eigenvalue weighted by Crippen LogP contribution is 2.17. The van der Waals surface area contributed by atoms with Crippen molar-refractivity contribution in [1.82, 2.24) is 5.32 Å². The van der Waals surface area contributed by atoms with E-state index in [1.165, 1.54) is 6.92 Å². The molecule has 0 aromatic carbocycles. The van der Waals surface area contributed by atoms with Crippen molar-refractivity contribution in [2.24, 2.45) is 5.92 Å². The lowest BCUT2D eigenvalue weighted by atomic mass is 9.91. The van der Waals surface area contributed by atoms with Crippen LogP contribution in [0.1, 0.15) is 6.92 Å². The molecule has 1 aliphatic heterocycles. The van der Waals surface area contributed by atoms with Crippen LogP contribution in [0.3, 0.4) is 0 Å². The Balaban J connectivity index is 2.51. The van der Waals surface area contributed by atoms with Crippen LogP contribution in [0.2, 0.25) is 0 Å². The van der Waals surface area contributed by atoms with Gasteiger partial charge >= 0.3 is 0 Å². The third-order valence-electron chi connectivity index (χ3n) is 2.16. The average molecular weight is 163 g/mol. The second-order valence-corrected chi connectivity index (χ2v) is 3.06. The van der Waals surface area contributed by atoms with Gasteiger partial charge in [-0.2, -0.15) is 0 Å². The molecular formula is C7H14FNO2. The molecule has 0 amide bonds. The molecule has 3 N–H and O–H groups in total. The van der Waals surface area contributed by atoms with Gasteiger partial charge in [0.2, 0.25) is 0 Å². The number of hydrogen-bond acceptors (Lipinski definition) is 3. The first-order valence-electron chi connectivity index (χ1n) is 3.84. The summed E-state index contributed by atoms with van der Waals surface area (Å²) in [4.78, 5) is 0. The summed E-state index contributed by atoms with van der Waals surface area (Å²) in [5.74, 6) is -0.473. The summed E-state index contributed by atoms with van der Waals surface area (Å²) in [6, 6.07) is 0. The average Bonchev–Trinajstić information content (AvgIpc) is 1.94. The zero-order valence-corrected chi connectivity index (χ0v) is 6.50. The number of nitrogens with one attached hydrogen (secondary N) is 1. The van der Waals surface area contributed by atoms with Crippen LogP contribution < -0.4 is 5.32 Å². The van der Waals surface area contributed by atoms with Gasteiger partial charge in [-0.25, -0.2) is 4.39 Å². The first kappa shape index (κ1) is 8.90. The molecule has 0 bridgehead atoms. The van der Waals surface area contributed by atoms with E-state index in [-0.39, 0.29) is 0 Å². The van der Waals surface area contributed by atoms with Crippen LogP contribution in [0.15, 0.2) is 0 Å². The van der Waals surface area contributed by atoms with Gasteiger partial charge in [0.05, 0.1) is 12.2 Å². The Morgan fingerprint density at radius 1 is 1.45 bits per heavy atom. The minimum atomic E-state index is -1.08. The molecule has 1 rings (SSSR count). The van der Waals surface area contributed by atoms with Gasteiger partial charge in [0.1, 0.15) is 6.17 Å². The van der Waals surface area contributed by atoms with Gasteiger partial charge < -0.3 is 15.5 Å². The maximum atomic E-state index is 12.7. The summed E-state index contributed by atoms with van der Waals surface area (Å²) in [6.45, 7) is 2.19. The summed E-state index contributed by atoms with van der Waals surface area (Å²) in [5.41, 5.74) is 0. The topological polar surface area (TPSA) is 52.5 Å². The van der Waals surface area contributed by atoms with E-state index in [0.29, 0.717) is 13.1 Å². The van der Waals surface area contributed by atoms with Gasteiger partial charge in [-0.1, -0.05) is 0 Å². The predicted octanol–water partition coefficient (Wildman–Crippen LogP) is -0.714. The van der Waals surface area contributed by atoms with Gasteiger partial charge in [-0.15, -0.1) is 0 Å². The van der Waals surface area contributed by atoms with E-state index in [0.717, 1.165) is 0 Å². The smallest absolute Gasteiger partial charge is 0.104 e. The number of halogens is 1. The third kappa shape index (κ3) is 1.89. The maximum Gasteiger partial charge on any atom is 0.104 e. The van der Waals surface area contributed by atoms with Gasteiger partial charge in [0.25, 0.3) is 0 Å². The highest BCUT2D eigenvalue weighted by atomic mass is 19.1.